The Morgan fingerprint density at radius 2 is 2.04 bits per heavy atom. The number of nitrogens with zero attached hydrogens (tertiary/aromatic N) is 2. The molecule has 134 valence electrons. The molecule has 3 heterocycles. The van der Waals surface area contributed by atoms with Crippen molar-refractivity contribution in [2.75, 3.05) is 26.2 Å². The van der Waals surface area contributed by atoms with E-state index in [0.717, 1.165) is 38.5 Å². The number of hydrogen-bond acceptors (Lipinski definition) is 5. The maximum absolute atomic E-state index is 12.4. The summed E-state index contributed by atoms with van der Waals surface area (Å²) in [6.07, 6.45) is 4.60. The minimum absolute atomic E-state index is 0.0110. The average molecular weight is 338 g/mol. The van der Waals surface area contributed by atoms with Gasteiger partial charge in [-0.2, -0.15) is 0 Å². The third-order valence-electron chi connectivity index (χ3n) is 5.94. The van der Waals surface area contributed by atoms with Gasteiger partial charge in [0.05, 0.1) is 31.3 Å². The first-order valence-corrected chi connectivity index (χ1v) is 9.14. The summed E-state index contributed by atoms with van der Waals surface area (Å²) >= 11 is 0. The fourth-order valence-corrected chi connectivity index (χ4v) is 4.25. The van der Waals surface area contributed by atoms with Gasteiger partial charge < -0.3 is 14.7 Å². The molecule has 1 saturated carbocycles. The standard InChI is InChI=1S/C17H26N2O5/c20-15(10-17(22)4-1-5-17)18-7-3-12-9-13(24-14(12)11-18)16(21)19-6-2-8-23-19/h12-14,22H,1-11H2/t12-,13+,14+/m0/s1. The molecule has 0 aromatic rings. The molecule has 0 unspecified atom stereocenters. The Kier molecular flexibility index (Phi) is 4.26. The van der Waals surface area contributed by atoms with Gasteiger partial charge in [0, 0.05) is 13.1 Å². The Labute approximate surface area is 141 Å². The van der Waals surface area contributed by atoms with Crippen LogP contribution in [0.1, 0.15) is 44.9 Å². The third-order valence-corrected chi connectivity index (χ3v) is 5.94. The molecule has 4 fully saturated rings. The first kappa shape index (κ1) is 16.3. The van der Waals surface area contributed by atoms with Gasteiger partial charge in [0.1, 0.15) is 6.10 Å². The van der Waals surface area contributed by atoms with Gasteiger partial charge in [-0.05, 0) is 44.4 Å². The molecule has 2 amide bonds. The highest BCUT2D eigenvalue weighted by Gasteiger charge is 2.45. The summed E-state index contributed by atoms with van der Waals surface area (Å²) in [6.45, 7) is 2.46. The lowest BCUT2D eigenvalue weighted by atomic mass is 9.77. The maximum atomic E-state index is 12.4. The van der Waals surface area contributed by atoms with Crippen molar-refractivity contribution < 1.29 is 24.3 Å². The number of likely N-dealkylation sites (tertiary alicyclic amines) is 1. The van der Waals surface area contributed by atoms with Crippen molar-refractivity contribution in [3.05, 3.63) is 0 Å². The highest BCUT2D eigenvalue weighted by molar-refractivity contribution is 5.80. The Balaban J connectivity index is 1.32. The number of aliphatic hydroxyl groups is 1. The smallest absolute Gasteiger partial charge is 0.275 e. The maximum Gasteiger partial charge on any atom is 0.275 e. The van der Waals surface area contributed by atoms with Crippen LogP contribution in [-0.2, 0) is 19.2 Å². The largest absolute Gasteiger partial charge is 0.389 e. The molecule has 0 spiro atoms. The molecule has 0 aromatic carbocycles. The molecule has 7 nitrogen and oxygen atoms in total. The summed E-state index contributed by atoms with van der Waals surface area (Å²) in [6, 6.07) is 0. The number of hydroxylamine groups is 2. The second kappa shape index (κ2) is 6.28. The highest BCUT2D eigenvalue weighted by atomic mass is 16.7. The monoisotopic (exact) mass is 338 g/mol. The van der Waals surface area contributed by atoms with Crippen LogP contribution in [0.4, 0.5) is 0 Å². The van der Waals surface area contributed by atoms with Gasteiger partial charge in [-0.25, -0.2) is 5.06 Å². The predicted molar refractivity (Wildman–Crippen MR) is 83.7 cm³/mol. The van der Waals surface area contributed by atoms with Crippen LogP contribution in [0, 0.1) is 5.92 Å². The molecule has 7 heteroatoms. The highest BCUT2D eigenvalue weighted by Crippen LogP contribution is 2.37. The zero-order valence-corrected chi connectivity index (χ0v) is 14.0. The second-order valence-corrected chi connectivity index (χ2v) is 7.67. The first-order chi connectivity index (χ1) is 11.5. The topological polar surface area (TPSA) is 79.3 Å². The SMILES string of the molecule is O=C(CC1(O)CCC1)N1CC[C@H]2C[C@H](C(=O)N3CCCO3)O[C@@H]2C1. The molecule has 3 aliphatic heterocycles. The Hall–Kier alpha value is -1.18. The van der Waals surface area contributed by atoms with E-state index in [1.54, 1.807) is 4.90 Å². The lowest BCUT2D eigenvalue weighted by Crippen LogP contribution is -2.49. The predicted octanol–water partition coefficient (Wildman–Crippen LogP) is 0.461. The fourth-order valence-electron chi connectivity index (χ4n) is 4.25. The summed E-state index contributed by atoms with van der Waals surface area (Å²) in [5.74, 6) is 0.262. The molecule has 0 bridgehead atoms. The van der Waals surface area contributed by atoms with Crippen molar-refractivity contribution in [1.29, 1.82) is 0 Å². The van der Waals surface area contributed by atoms with E-state index >= 15 is 0 Å². The number of carbonyl (C=O) groups is 2. The minimum atomic E-state index is -0.782. The van der Waals surface area contributed by atoms with Crippen LogP contribution < -0.4 is 0 Å². The Bertz CT molecular complexity index is 515. The fraction of sp³-hybridized carbons (Fsp3) is 0.882. The van der Waals surface area contributed by atoms with Crippen molar-refractivity contribution in [3.63, 3.8) is 0 Å². The van der Waals surface area contributed by atoms with Gasteiger partial charge >= 0.3 is 0 Å². The molecule has 4 aliphatic rings. The molecular formula is C17H26N2O5. The van der Waals surface area contributed by atoms with Crippen LogP contribution in [0.25, 0.3) is 0 Å². The molecule has 4 rings (SSSR count). The number of fused-ring (bicyclic) bond motifs is 1. The minimum Gasteiger partial charge on any atom is -0.389 e. The summed E-state index contributed by atoms with van der Waals surface area (Å²) < 4.78 is 5.96. The molecule has 3 saturated heterocycles. The van der Waals surface area contributed by atoms with Crippen molar-refractivity contribution in [1.82, 2.24) is 9.96 Å². The normalized spacial score (nSPS) is 34.8. The van der Waals surface area contributed by atoms with Gasteiger partial charge in [-0.3, -0.25) is 14.4 Å². The second-order valence-electron chi connectivity index (χ2n) is 7.67. The molecular weight excluding hydrogens is 312 g/mol. The van der Waals surface area contributed by atoms with E-state index in [9.17, 15) is 14.7 Å². The zero-order chi connectivity index (χ0) is 16.7. The number of amides is 2. The van der Waals surface area contributed by atoms with E-state index in [2.05, 4.69) is 0 Å². The lowest BCUT2D eigenvalue weighted by molar-refractivity contribution is -0.180. The van der Waals surface area contributed by atoms with E-state index < -0.39 is 11.7 Å². The van der Waals surface area contributed by atoms with E-state index in [1.165, 1.54) is 5.06 Å². The van der Waals surface area contributed by atoms with Gasteiger partial charge in [0.25, 0.3) is 5.91 Å². The lowest BCUT2D eigenvalue weighted by Gasteiger charge is -2.39. The number of hydrogen-bond donors (Lipinski definition) is 1. The molecule has 3 atom stereocenters. The quantitative estimate of drug-likeness (QED) is 0.809. The zero-order valence-electron chi connectivity index (χ0n) is 14.0. The van der Waals surface area contributed by atoms with Crippen molar-refractivity contribution in [3.8, 4) is 0 Å². The van der Waals surface area contributed by atoms with E-state index in [0.29, 0.717) is 32.2 Å². The molecule has 1 aliphatic carbocycles. The number of piperidine rings is 1. The van der Waals surface area contributed by atoms with Gasteiger partial charge in [0.2, 0.25) is 5.91 Å². The Morgan fingerprint density at radius 3 is 2.71 bits per heavy atom. The van der Waals surface area contributed by atoms with Crippen molar-refractivity contribution >= 4 is 11.8 Å². The molecule has 0 aromatic heterocycles. The Morgan fingerprint density at radius 1 is 1.21 bits per heavy atom. The molecule has 24 heavy (non-hydrogen) atoms. The van der Waals surface area contributed by atoms with E-state index in [1.807, 2.05) is 0 Å². The number of ether oxygens (including phenoxy) is 1. The summed E-state index contributed by atoms with van der Waals surface area (Å²) in [5, 5.41) is 11.6. The van der Waals surface area contributed by atoms with Crippen molar-refractivity contribution in [2.45, 2.75) is 62.8 Å². The van der Waals surface area contributed by atoms with E-state index in [4.69, 9.17) is 9.57 Å². The van der Waals surface area contributed by atoms with Gasteiger partial charge in [0.15, 0.2) is 0 Å². The van der Waals surface area contributed by atoms with Crippen LogP contribution in [-0.4, -0.2) is 70.9 Å². The molecule has 0 radical (unpaired) electrons. The summed E-state index contributed by atoms with van der Waals surface area (Å²) in [5.41, 5.74) is -0.782. The third kappa shape index (κ3) is 3.05. The number of carbonyl (C=O) groups excluding carboxylic acids is 2. The van der Waals surface area contributed by atoms with Crippen LogP contribution in [0.3, 0.4) is 0 Å². The van der Waals surface area contributed by atoms with Crippen LogP contribution in [0.2, 0.25) is 0 Å². The van der Waals surface area contributed by atoms with Crippen molar-refractivity contribution in [2.24, 2.45) is 5.92 Å². The van der Waals surface area contributed by atoms with Crippen LogP contribution >= 0.6 is 0 Å². The van der Waals surface area contributed by atoms with Crippen LogP contribution in [0.5, 0.6) is 0 Å². The van der Waals surface area contributed by atoms with Crippen LogP contribution in [0.15, 0.2) is 0 Å². The number of rotatable bonds is 3. The summed E-state index contributed by atoms with van der Waals surface area (Å²) in [4.78, 5) is 32.0. The molecule has 1 N–H and O–H groups in total. The van der Waals surface area contributed by atoms with Gasteiger partial charge in [-0.15, -0.1) is 0 Å². The van der Waals surface area contributed by atoms with Gasteiger partial charge in [-0.1, -0.05) is 0 Å². The first-order valence-electron chi connectivity index (χ1n) is 9.14. The summed E-state index contributed by atoms with van der Waals surface area (Å²) in [7, 11) is 0. The average Bonchev–Trinajstić information content (AvgIpc) is 3.21. The van der Waals surface area contributed by atoms with E-state index in [-0.39, 0.29) is 24.3 Å².